The highest BCUT2D eigenvalue weighted by atomic mass is 19.1. The summed E-state index contributed by atoms with van der Waals surface area (Å²) in [6.07, 6.45) is -3.96. The Morgan fingerprint density at radius 3 is 2.17 bits per heavy atom. The fourth-order valence-electron chi connectivity index (χ4n) is 3.69. The lowest BCUT2D eigenvalue weighted by molar-refractivity contribution is -0.0661. The van der Waals surface area contributed by atoms with E-state index in [-0.39, 0.29) is 12.2 Å². The number of benzene rings is 2. The number of aromatic nitrogens is 2. The molecule has 0 saturated carbocycles. The third-order valence-corrected chi connectivity index (χ3v) is 5.40. The number of carbonyl (C=O) groups excluding carboxylic acids is 2. The first-order valence-corrected chi connectivity index (χ1v) is 10.6. The third kappa shape index (κ3) is 5.20. The fourth-order valence-corrected chi connectivity index (χ4v) is 3.69. The molecule has 11 heteroatoms. The highest BCUT2D eigenvalue weighted by Crippen LogP contribution is 2.33. The number of ether oxygens (including phenoxy) is 4. The number of H-pyrrole nitrogens is 1. The molecular formula is C24H21FN2O8. The predicted molar refractivity (Wildman–Crippen MR) is 118 cm³/mol. The fraction of sp³-hybridized carbons (Fsp3) is 0.250. The lowest BCUT2D eigenvalue weighted by Crippen LogP contribution is -2.42. The van der Waals surface area contributed by atoms with Gasteiger partial charge in [0.25, 0.3) is 5.56 Å². The maximum Gasteiger partial charge on any atom is 0.338 e. The number of methoxy groups -OCH3 is 1. The monoisotopic (exact) mass is 484 g/mol. The molecule has 0 bridgehead atoms. The quantitative estimate of drug-likeness (QED) is 0.502. The Bertz CT molecular complexity index is 1310. The van der Waals surface area contributed by atoms with Gasteiger partial charge in [-0.25, -0.2) is 14.4 Å². The third-order valence-electron chi connectivity index (χ3n) is 5.40. The number of hydrogen-bond donors (Lipinski definition) is 1. The molecule has 0 amide bonds. The van der Waals surface area contributed by atoms with E-state index in [1.165, 1.54) is 7.11 Å². The molecule has 2 aromatic carbocycles. The van der Waals surface area contributed by atoms with Gasteiger partial charge < -0.3 is 18.9 Å². The summed E-state index contributed by atoms with van der Waals surface area (Å²) in [5.41, 5.74) is -1.61. The molecule has 2 heterocycles. The summed E-state index contributed by atoms with van der Waals surface area (Å²) in [7, 11) is 1.29. The van der Waals surface area contributed by atoms with Crippen molar-refractivity contribution < 1.29 is 32.9 Å². The van der Waals surface area contributed by atoms with Crippen LogP contribution >= 0.6 is 0 Å². The molecule has 0 radical (unpaired) electrons. The van der Waals surface area contributed by atoms with Crippen LogP contribution in [0.4, 0.5) is 4.39 Å². The molecule has 1 fully saturated rings. The molecule has 1 aliphatic heterocycles. The summed E-state index contributed by atoms with van der Waals surface area (Å²) in [6.45, 7) is -0.364. The average Bonchev–Trinajstić information content (AvgIpc) is 3.22. The number of carbonyl (C=O) groups is 2. The number of hydrogen-bond acceptors (Lipinski definition) is 8. The van der Waals surface area contributed by atoms with Gasteiger partial charge in [-0.05, 0) is 24.3 Å². The molecule has 35 heavy (non-hydrogen) atoms. The average molecular weight is 484 g/mol. The minimum Gasteiger partial charge on any atom is -0.459 e. The van der Waals surface area contributed by atoms with Gasteiger partial charge >= 0.3 is 17.6 Å². The predicted octanol–water partition coefficient (Wildman–Crippen LogP) is 1.67. The molecule has 182 valence electrons. The first kappa shape index (κ1) is 24.0. The van der Waals surface area contributed by atoms with Gasteiger partial charge in [0.15, 0.2) is 12.3 Å². The zero-order chi connectivity index (χ0) is 24.9. The Hall–Kier alpha value is -4.09. The SMILES string of the molecule is CO[C@H]1[C@H](OC(=O)c2ccccc2)[C@@H](COC(=O)c2ccccc2)O[C@H]1n1cc(F)c(=O)[nH]c1=O. The smallest absolute Gasteiger partial charge is 0.338 e. The number of nitrogens with zero attached hydrogens (tertiary/aromatic N) is 1. The molecular weight excluding hydrogens is 463 g/mol. The molecule has 1 aliphatic rings. The van der Waals surface area contributed by atoms with Gasteiger partial charge in [-0.1, -0.05) is 36.4 Å². The number of nitrogens with one attached hydrogen (secondary N) is 1. The van der Waals surface area contributed by atoms with Crippen molar-refractivity contribution in [3.63, 3.8) is 0 Å². The molecule has 10 nitrogen and oxygen atoms in total. The standard InChI is InChI=1S/C24H21FN2O8/c1-32-19-18(35-23(30)15-10-6-3-7-11-15)17(13-33-22(29)14-8-4-2-5-9-14)34-21(19)27-12-16(25)20(28)26-24(27)31/h2-12,17-19,21H,13H2,1H3,(H,26,28,31)/t17-,18-,19+,21-/m1/s1. The maximum absolute atomic E-state index is 14.0. The first-order chi connectivity index (χ1) is 16.9. The maximum atomic E-state index is 14.0. The second kappa shape index (κ2) is 10.5. The Kier molecular flexibility index (Phi) is 7.18. The van der Waals surface area contributed by atoms with E-state index in [0.717, 1.165) is 4.57 Å². The van der Waals surface area contributed by atoms with Crippen molar-refractivity contribution in [3.05, 3.63) is 105 Å². The lowest BCUT2D eigenvalue weighted by atomic mass is 10.1. The van der Waals surface area contributed by atoms with E-state index >= 15 is 0 Å². The molecule has 4 rings (SSSR count). The minimum absolute atomic E-state index is 0.248. The van der Waals surface area contributed by atoms with Crippen LogP contribution in [0.1, 0.15) is 26.9 Å². The Morgan fingerprint density at radius 2 is 1.57 bits per heavy atom. The minimum atomic E-state index is -1.30. The van der Waals surface area contributed by atoms with Gasteiger partial charge in [-0.15, -0.1) is 0 Å². The molecule has 0 unspecified atom stereocenters. The Balaban J connectivity index is 1.62. The number of aromatic amines is 1. The Labute approximate surface area is 197 Å². The van der Waals surface area contributed by atoms with Crippen molar-refractivity contribution in [2.75, 3.05) is 13.7 Å². The largest absolute Gasteiger partial charge is 0.459 e. The second-order valence-electron chi connectivity index (χ2n) is 7.61. The lowest BCUT2D eigenvalue weighted by Gasteiger charge is -2.23. The van der Waals surface area contributed by atoms with Crippen LogP contribution in [0, 0.1) is 5.82 Å². The molecule has 0 spiro atoms. The van der Waals surface area contributed by atoms with Crippen LogP contribution in [0.25, 0.3) is 0 Å². The van der Waals surface area contributed by atoms with Crippen molar-refractivity contribution >= 4 is 11.9 Å². The van der Waals surface area contributed by atoms with Crippen LogP contribution in [0.15, 0.2) is 76.4 Å². The number of halogens is 1. The highest BCUT2D eigenvalue weighted by Gasteiger charge is 2.49. The van der Waals surface area contributed by atoms with Crippen LogP contribution in [-0.4, -0.2) is 53.5 Å². The van der Waals surface area contributed by atoms with Crippen LogP contribution in [0.2, 0.25) is 0 Å². The van der Waals surface area contributed by atoms with Crippen molar-refractivity contribution in [2.45, 2.75) is 24.5 Å². The van der Waals surface area contributed by atoms with Crippen molar-refractivity contribution in [1.29, 1.82) is 0 Å². The Morgan fingerprint density at radius 1 is 0.971 bits per heavy atom. The van der Waals surface area contributed by atoms with Gasteiger partial charge in [0.1, 0.15) is 18.8 Å². The first-order valence-electron chi connectivity index (χ1n) is 10.6. The van der Waals surface area contributed by atoms with E-state index < -0.39 is 53.5 Å². The summed E-state index contributed by atoms with van der Waals surface area (Å²) < 4.78 is 37.0. The van der Waals surface area contributed by atoms with Crippen molar-refractivity contribution in [1.82, 2.24) is 9.55 Å². The van der Waals surface area contributed by atoms with Crippen molar-refractivity contribution in [3.8, 4) is 0 Å². The van der Waals surface area contributed by atoms with E-state index in [1.807, 2.05) is 4.98 Å². The number of rotatable bonds is 7. The topological polar surface area (TPSA) is 126 Å². The summed E-state index contributed by atoms with van der Waals surface area (Å²) in [6, 6.07) is 16.3. The molecule has 0 aliphatic carbocycles. The summed E-state index contributed by atoms with van der Waals surface area (Å²) in [4.78, 5) is 50.9. The summed E-state index contributed by atoms with van der Waals surface area (Å²) >= 11 is 0. The highest BCUT2D eigenvalue weighted by molar-refractivity contribution is 5.90. The molecule has 4 atom stereocenters. The van der Waals surface area contributed by atoms with E-state index in [2.05, 4.69) is 0 Å². The zero-order valence-electron chi connectivity index (χ0n) is 18.5. The molecule has 3 aromatic rings. The van der Waals surface area contributed by atoms with Gasteiger partial charge in [0.05, 0.1) is 17.3 Å². The van der Waals surface area contributed by atoms with Crippen molar-refractivity contribution in [2.24, 2.45) is 0 Å². The summed E-state index contributed by atoms with van der Waals surface area (Å²) in [5, 5.41) is 0. The van der Waals surface area contributed by atoms with E-state index in [0.29, 0.717) is 11.8 Å². The number of esters is 2. The van der Waals surface area contributed by atoms with Gasteiger partial charge in [0.2, 0.25) is 5.82 Å². The zero-order valence-corrected chi connectivity index (χ0v) is 18.5. The van der Waals surface area contributed by atoms with Crippen LogP contribution in [-0.2, 0) is 18.9 Å². The molecule has 1 N–H and O–H groups in total. The van der Waals surface area contributed by atoms with Crippen LogP contribution in [0.5, 0.6) is 0 Å². The molecule has 1 saturated heterocycles. The van der Waals surface area contributed by atoms with Gasteiger partial charge in [0, 0.05) is 7.11 Å². The van der Waals surface area contributed by atoms with E-state index in [4.69, 9.17) is 18.9 Å². The van der Waals surface area contributed by atoms with Crippen LogP contribution in [0.3, 0.4) is 0 Å². The molecule has 1 aromatic heterocycles. The van der Waals surface area contributed by atoms with Gasteiger partial charge in [-0.3, -0.25) is 14.3 Å². The second-order valence-corrected chi connectivity index (χ2v) is 7.61. The van der Waals surface area contributed by atoms with Gasteiger partial charge in [-0.2, -0.15) is 4.39 Å². The summed E-state index contributed by atoms with van der Waals surface area (Å²) in [5.74, 6) is -2.58. The van der Waals surface area contributed by atoms with E-state index in [9.17, 15) is 23.6 Å². The van der Waals surface area contributed by atoms with Crippen LogP contribution < -0.4 is 11.2 Å². The van der Waals surface area contributed by atoms with E-state index in [1.54, 1.807) is 60.7 Å². The normalized spacial score (nSPS) is 21.4.